The predicted molar refractivity (Wildman–Crippen MR) is 127 cm³/mol. The monoisotopic (exact) mass is 475 g/mol. The SMILES string of the molecule is Cc1cccc(N2CCN(/C=C(/C#N)C(=O)Nc3cc([N+](=O)[O-])ccc3Cl)CC2)c1C.Cl. The number of non-ortho nitro benzene ring substituents is 1. The number of nitro benzene ring substituents is 1. The molecule has 1 amide bonds. The molecule has 0 bridgehead atoms. The molecular weight excluding hydrogens is 453 g/mol. The molecule has 168 valence electrons. The second-order valence-electron chi connectivity index (χ2n) is 7.27. The zero-order chi connectivity index (χ0) is 22.5. The van der Waals surface area contributed by atoms with Crippen molar-refractivity contribution in [1.82, 2.24) is 4.90 Å². The minimum Gasteiger partial charge on any atom is -0.373 e. The topological polar surface area (TPSA) is 103 Å². The Morgan fingerprint density at radius 3 is 2.53 bits per heavy atom. The summed E-state index contributed by atoms with van der Waals surface area (Å²) >= 11 is 6.03. The Labute approximate surface area is 197 Å². The van der Waals surface area contributed by atoms with Gasteiger partial charge in [-0.2, -0.15) is 5.26 Å². The van der Waals surface area contributed by atoms with E-state index < -0.39 is 10.8 Å². The lowest BCUT2D eigenvalue weighted by Gasteiger charge is -2.36. The van der Waals surface area contributed by atoms with Crippen molar-refractivity contribution in [3.63, 3.8) is 0 Å². The standard InChI is InChI=1S/C22H22ClN5O3.ClH/c1-15-4-3-5-21(16(15)2)27-10-8-26(9-11-27)14-17(13-24)22(29)25-20-12-18(28(30)31)6-7-19(20)23;/h3-7,12,14H,8-11H2,1-2H3,(H,25,29);1H/b17-14-;. The molecule has 0 spiro atoms. The van der Waals surface area contributed by atoms with Gasteiger partial charge in [-0.1, -0.05) is 23.7 Å². The number of halogens is 2. The van der Waals surface area contributed by atoms with E-state index in [2.05, 4.69) is 36.2 Å². The number of nitrogens with one attached hydrogen (secondary N) is 1. The van der Waals surface area contributed by atoms with Crippen LogP contribution in [0.2, 0.25) is 5.02 Å². The summed E-state index contributed by atoms with van der Waals surface area (Å²) < 4.78 is 0. The number of amides is 1. The summed E-state index contributed by atoms with van der Waals surface area (Å²) in [5.41, 5.74) is 3.47. The highest BCUT2D eigenvalue weighted by Crippen LogP contribution is 2.27. The molecule has 0 radical (unpaired) electrons. The van der Waals surface area contributed by atoms with Crippen molar-refractivity contribution in [1.29, 1.82) is 5.26 Å². The first-order valence-electron chi connectivity index (χ1n) is 9.72. The molecule has 2 aromatic rings. The third kappa shape index (κ3) is 5.69. The number of nitro groups is 1. The lowest BCUT2D eigenvalue weighted by Crippen LogP contribution is -2.44. The first-order valence-corrected chi connectivity index (χ1v) is 10.1. The Morgan fingerprint density at radius 1 is 1.22 bits per heavy atom. The van der Waals surface area contributed by atoms with Crippen LogP contribution in [0.15, 0.2) is 48.2 Å². The molecule has 8 nitrogen and oxygen atoms in total. The molecule has 2 aromatic carbocycles. The number of nitrogens with zero attached hydrogens (tertiary/aromatic N) is 4. The van der Waals surface area contributed by atoms with Crippen molar-refractivity contribution in [2.24, 2.45) is 0 Å². The van der Waals surface area contributed by atoms with Crippen LogP contribution in [-0.4, -0.2) is 41.9 Å². The molecule has 1 fully saturated rings. The number of benzene rings is 2. The number of carbonyl (C=O) groups excluding carboxylic acids is 1. The Bertz CT molecular complexity index is 1090. The number of nitriles is 1. The van der Waals surface area contributed by atoms with Gasteiger partial charge in [-0.05, 0) is 37.1 Å². The molecule has 32 heavy (non-hydrogen) atoms. The van der Waals surface area contributed by atoms with Crippen molar-refractivity contribution in [3.8, 4) is 6.07 Å². The molecule has 1 heterocycles. The summed E-state index contributed by atoms with van der Waals surface area (Å²) in [5, 5.41) is 23.0. The molecule has 1 aliphatic rings. The summed E-state index contributed by atoms with van der Waals surface area (Å²) in [4.78, 5) is 27.1. The average Bonchev–Trinajstić information content (AvgIpc) is 2.75. The highest BCUT2D eigenvalue weighted by Gasteiger charge is 2.20. The van der Waals surface area contributed by atoms with Crippen LogP contribution in [0.1, 0.15) is 11.1 Å². The van der Waals surface area contributed by atoms with Gasteiger partial charge in [0.25, 0.3) is 11.6 Å². The summed E-state index contributed by atoms with van der Waals surface area (Å²) in [6.07, 6.45) is 1.53. The Balaban J connectivity index is 0.00000363. The maximum Gasteiger partial charge on any atom is 0.271 e. The van der Waals surface area contributed by atoms with E-state index in [0.29, 0.717) is 13.1 Å². The molecule has 0 aliphatic carbocycles. The second kappa shape index (κ2) is 10.8. The van der Waals surface area contributed by atoms with Crippen LogP contribution in [0.25, 0.3) is 0 Å². The van der Waals surface area contributed by atoms with Crippen molar-refractivity contribution in [3.05, 3.63) is 74.4 Å². The van der Waals surface area contributed by atoms with Gasteiger partial charge in [0.1, 0.15) is 11.6 Å². The normalized spacial score (nSPS) is 13.8. The quantitative estimate of drug-likeness (QED) is 0.296. The highest BCUT2D eigenvalue weighted by atomic mass is 35.5. The number of carbonyl (C=O) groups is 1. The zero-order valence-corrected chi connectivity index (χ0v) is 19.2. The molecule has 0 saturated carbocycles. The molecule has 1 aliphatic heterocycles. The van der Waals surface area contributed by atoms with E-state index in [0.717, 1.165) is 19.2 Å². The van der Waals surface area contributed by atoms with Crippen LogP contribution in [-0.2, 0) is 4.79 Å². The maximum atomic E-state index is 12.6. The van der Waals surface area contributed by atoms with E-state index in [1.807, 2.05) is 17.0 Å². The molecule has 0 unspecified atom stereocenters. The van der Waals surface area contributed by atoms with E-state index in [4.69, 9.17) is 11.6 Å². The van der Waals surface area contributed by atoms with Gasteiger partial charge >= 0.3 is 0 Å². The van der Waals surface area contributed by atoms with Crippen LogP contribution >= 0.6 is 24.0 Å². The Kier molecular flexibility index (Phi) is 8.47. The third-order valence-corrected chi connectivity index (χ3v) is 5.65. The van der Waals surface area contributed by atoms with Gasteiger partial charge in [-0.25, -0.2) is 0 Å². The summed E-state index contributed by atoms with van der Waals surface area (Å²) in [7, 11) is 0. The van der Waals surface area contributed by atoms with Crippen LogP contribution in [0, 0.1) is 35.3 Å². The van der Waals surface area contributed by atoms with Gasteiger partial charge in [0, 0.05) is 50.2 Å². The molecular formula is C22H23Cl2N5O3. The highest BCUT2D eigenvalue weighted by molar-refractivity contribution is 6.34. The van der Waals surface area contributed by atoms with Gasteiger partial charge in [0.05, 0.1) is 15.6 Å². The average molecular weight is 476 g/mol. The van der Waals surface area contributed by atoms with E-state index in [-0.39, 0.29) is 34.4 Å². The minimum atomic E-state index is -0.665. The van der Waals surface area contributed by atoms with Gasteiger partial charge < -0.3 is 15.1 Å². The lowest BCUT2D eigenvalue weighted by molar-refractivity contribution is -0.384. The molecule has 10 heteroatoms. The number of hydrogen-bond acceptors (Lipinski definition) is 6. The van der Waals surface area contributed by atoms with E-state index in [1.165, 1.54) is 35.1 Å². The van der Waals surface area contributed by atoms with Gasteiger partial charge in [0.15, 0.2) is 0 Å². The van der Waals surface area contributed by atoms with Crippen LogP contribution in [0.3, 0.4) is 0 Å². The van der Waals surface area contributed by atoms with Crippen LogP contribution in [0.5, 0.6) is 0 Å². The third-order valence-electron chi connectivity index (χ3n) is 5.32. The van der Waals surface area contributed by atoms with Crippen molar-refractivity contribution in [2.75, 3.05) is 36.4 Å². The zero-order valence-electron chi connectivity index (χ0n) is 17.7. The Morgan fingerprint density at radius 2 is 1.91 bits per heavy atom. The number of piperazine rings is 1. The Hall–Kier alpha value is -3.28. The maximum absolute atomic E-state index is 12.6. The molecule has 1 N–H and O–H groups in total. The molecule has 3 rings (SSSR count). The van der Waals surface area contributed by atoms with E-state index >= 15 is 0 Å². The number of hydrogen-bond donors (Lipinski definition) is 1. The van der Waals surface area contributed by atoms with Crippen molar-refractivity contribution < 1.29 is 9.72 Å². The first kappa shape index (κ1) is 25.0. The van der Waals surface area contributed by atoms with Gasteiger partial charge in [-0.15, -0.1) is 12.4 Å². The molecule has 0 aromatic heterocycles. The van der Waals surface area contributed by atoms with Crippen molar-refractivity contribution >= 4 is 47.0 Å². The number of rotatable bonds is 5. The van der Waals surface area contributed by atoms with Crippen LogP contribution in [0.4, 0.5) is 17.1 Å². The fourth-order valence-corrected chi connectivity index (χ4v) is 3.57. The fraction of sp³-hybridized carbons (Fsp3) is 0.273. The van der Waals surface area contributed by atoms with E-state index in [1.54, 1.807) is 0 Å². The molecule has 0 atom stereocenters. The summed E-state index contributed by atoms with van der Waals surface area (Å²) in [5.74, 6) is -0.665. The first-order chi connectivity index (χ1) is 14.8. The second-order valence-corrected chi connectivity index (χ2v) is 7.68. The molecule has 1 saturated heterocycles. The van der Waals surface area contributed by atoms with E-state index in [9.17, 15) is 20.2 Å². The lowest BCUT2D eigenvalue weighted by atomic mass is 10.1. The summed E-state index contributed by atoms with van der Waals surface area (Å²) in [6, 6.07) is 11.9. The van der Waals surface area contributed by atoms with Crippen LogP contribution < -0.4 is 10.2 Å². The van der Waals surface area contributed by atoms with Crippen molar-refractivity contribution in [2.45, 2.75) is 13.8 Å². The van der Waals surface area contributed by atoms with Gasteiger partial charge in [0.2, 0.25) is 0 Å². The predicted octanol–water partition coefficient (Wildman–Crippen LogP) is 4.46. The minimum absolute atomic E-state index is 0. The fourth-order valence-electron chi connectivity index (χ4n) is 3.40. The number of anilines is 2. The smallest absolute Gasteiger partial charge is 0.271 e. The summed E-state index contributed by atoms with van der Waals surface area (Å²) in [6.45, 7) is 7.03. The van der Waals surface area contributed by atoms with Gasteiger partial charge in [-0.3, -0.25) is 14.9 Å². The largest absolute Gasteiger partial charge is 0.373 e. The number of aryl methyl sites for hydroxylation is 1.